The summed E-state index contributed by atoms with van der Waals surface area (Å²) in [5.74, 6) is 1.52. The molecule has 0 aromatic carbocycles. The van der Waals surface area contributed by atoms with Crippen LogP contribution in [0.2, 0.25) is 0 Å². The van der Waals surface area contributed by atoms with Crippen molar-refractivity contribution in [2.75, 3.05) is 31.1 Å². The van der Waals surface area contributed by atoms with Crippen molar-refractivity contribution in [1.82, 2.24) is 10.2 Å². The van der Waals surface area contributed by atoms with E-state index in [2.05, 4.69) is 24.1 Å². The minimum absolute atomic E-state index is 0.0385. The normalized spacial score (nSPS) is 35.2. The van der Waals surface area contributed by atoms with Gasteiger partial charge in [0.05, 0.1) is 18.1 Å². The average molecular weight is 288 g/mol. The second-order valence-electron chi connectivity index (χ2n) is 6.31. The molecule has 0 saturated carbocycles. The molecular weight excluding hydrogens is 264 g/mol. The Kier molecular flexibility index (Phi) is 4.50. The fraction of sp³-hybridized carbons (Fsp3) is 0.923. The Bertz CT molecular complexity index is 425. The highest BCUT2D eigenvalue weighted by Crippen LogP contribution is 2.20. The van der Waals surface area contributed by atoms with E-state index in [4.69, 9.17) is 0 Å². The lowest BCUT2D eigenvalue weighted by Gasteiger charge is -2.34. The molecule has 6 heteroatoms. The van der Waals surface area contributed by atoms with Crippen LogP contribution >= 0.6 is 0 Å². The molecule has 2 heterocycles. The molecule has 19 heavy (non-hydrogen) atoms. The molecule has 3 atom stereocenters. The Hall–Kier alpha value is -0.620. The summed E-state index contributed by atoms with van der Waals surface area (Å²) in [6.07, 6.45) is 1.78. The molecule has 0 aliphatic carbocycles. The van der Waals surface area contributed by atoms with Crippen LogP contribution in [0.3, 0.4) is 0 Å². The summed E-state index contributed by atoms with van der Waals surface area (Å²) in [7, 11) is -2.92. The van der Waals surface area contributed by atoms with E-state index in [1.165, 1.54) is 6.42 Å². The molecule has 110 valence electrons. The number of carbonyl (C=O) groups is 1. The Morgan fingerprint density at radius 3 is 2.42 bits per heavy atom. The van der Waals surface area contributed by atoms with Crippen molar-refractivity contribution in [2.24, 2.45) is 11.8 Å². The highest BCUT2D eigenvalue weighted by molar-refractivity contribution is 7.91. The molecule has 3 unspecified atom stereocenters. The van der Waals surface area contributed by atoms with E-state index >= 15 is 0 Å². The maximum absolute atomic E-state index is 11.9. The molecule has 2 aliphatic heterocycles. The minimum Gasteiger partial charge on any atom is -0.351 e. The van der Waals surface area contributed by atoms with Crippen molar-refractivity contribution in [3.8, 4) is 0 Å². The Labute approximate surface area is 115 Å². The number of likely N-dealkylation sites (tertiary alicyclic amines) is 1. The van der Waals surface area contributed by atoms with Gasteiger partial charge in [-0.3, -0.25) is 9.69 Å². The lowest BCUT2D eigenvalue weighted by atomic mass is 9.92. The minimum atomic E-state index is -2.92. The Morgan fingerprint density at radius 2 is 1.89 bits per heavy atom. The molecule has 0 aromatic heterocycles. The van der Waals surface area contributed by atoms with Gasteiger partial charge in [-0.15, -0.1) is 0 Å². The number of carbonyl (C=O) groups excluding carboxylic acids is 1. The summed E-state index contributed by atoms with van der Waals surface area (Å²) in [6.45, 7) is 6.74. The number of piperidine rings is 1. The van der Waals surface area contributed by atoms with Gasteiger partial charge < -0.3 is 5.32 Å². The van der Waals surface area contributed by atoms with Gasteiger partial charge >= 0.3 is 0 Å². The van der Waals surface area contributed by atoms with Gasteiger partial charge in [-0.1, -0.05) is 13.8 Å². The highest BCUT2D eigenvalue weighted by Gasteiger charge is 2.30. The number of nitrogens with zero attached hydrogens (tertiary/aromatic N) is 1. The fourth-order valence-corrected chi connectivity index (χ4v) is 4.98. The number of rotatable bonds is 3. The van der Waals surface area contributed by atoms with Gasteiger partial charge in [0.1, 0.15) is 0 Å². The summed E-state index contributed by atoms with van der Waals surface area (Å²) in [6, 6.07) is -0.183. The van der Waals surface area contributed by atoms with E-state index in [0.29, 0.717) is 24.8 Å². The molecule has 2 fully saturated rings. The Morgan fingerprint density at radius 1 is 1.26 bits per heavy atom. The molecule has 0 radical (unpaired) electrons. The second-order valence-corrected chi connectivity index (χ2v) is 8.54. The van der Waals surface area contributed by atoms with Crippen LogP contribution in [0.1, 0.15) is 26.7 Å². The number of hydrogen-bond acceptors (Lipinski definition) is 4. The molecule has 1 N–H and O–H groups in total. The third-order valence-electron chi connectivity index (χ3n) is 3.91. The molecule has 0 aromatic rings. The van der Waals surface area contributed by atoms with Crippen LogP contribution in [0.5, 0.6) is 0 Å². The largest absolute Gasteiger partial charge is 0.351 e. The number of hydrogen-bond donors (Lipinski definition) is 1. The van der Waals surface area contributed by atoms with Crippen molar-refractivity contribution in [3.63, 3.8) is 0 Å². The van der Waals surface area contributed by atoms with Crippen molar-refractivity contribution in [3.05, 3.63) is 0 Å². The van der Waals surface area contributed by atoms with Gasteiger partial charge in [-0.25, -0.2) is 8.42 Å². The molecule has 2 aliphatic rings. The third-order valence-corrected chi connectivity index (χ3v) is 5.68. The summed E-state index contributed by atoms with van der Waals surface area (Å²) < 4.78 is 22.7. The van der Waals surface area contributed by atoms with Crippen LogP contribution in [0.25, 0.3) is 0 Å². The van der Waals surface area contributed by atoms with Crippen molar-refractivity contribution < 1.29 is 13.2 Å². The van der Waals surface area contributed by atoms with E-state index in [1.807, 2.05) is 0 Å². The maximum atomic E-state index is 11.9. The van der Waals surface area contributed by atoms with Crippen LogP contribution in [0.15, 0.2) is 0 Å². The van der Waals surface area contributed by atoms with Gasteiger partial charge in [0.25, 0.3) is 0 Å². The first-order chi connectivity index (χ1) is 8.84. The number of nitrogens with one attached hydrogen (secondary N) is 1. The molecule has 1 amide bonds. The van der Waals surface area contributed by atoms with E-state index < -0.39 is 9.84 Å². The smallest absolute Gasteiger partial charge is 0.234 e. The quantitative estimate of drug-likeness (QED) is 0.809. The lowest BCUT2D eigenvalue weighted by molar-refractivity contribution is -0.123. The van der Waals surface area contributed by atoms with E-state index in [1.54, 1.807) is 0 Å². The first kappa shape index (κ1) is 14.8. The highest BCUT2D eigenvalue weighted by atomic mass is 32.2. The molecule has 2 rings (SSSR count). The predicted octanol–water partition coefficient (Wildman–Crippen LogP) is 0.268. The molecule has 5 nitrogen and oxygen atoms in total. The first-order valence-corrected chi connectivity index (χ1v) is 8.88. The third kappa shape index (κ3) is 4.45. The van der Waals surface area contributed by atoms with Crippen molar-refractivity contribution >= 4 is 15.7 Å². The molecule has 0 bridgehead atoms. The lowest BCUT2D eigenvalue weighted by Crippen LogP contribution is -2.47. The summed E-state index contributed by atoms with van der Waals surface area (Å²) in [4.78, 5) is 14.1. The van der Waals surface area contributed by atoms with Crippen LogP contribution in [0, 0.1) is 11.8 Å². The Balaban J connectivity index is 1.78. The van der Waals surface area contributed by atoms with Crippen LogP contribution in [-0.4, -0.2) is 56.4 Å². The van der Waals surface area contributed by atoms with Gasteiger partial charge in [0.2, 0.25) is 5.91 Å². The maximum Gasteiger partial charge on any atom is 0.234 e. The summed E-state index contributed by atoms with van der Waals surface area (Å²) in [5, 5.41) is 2.85. The van der Waals surface area contributed by atoms with Crippen LogP contribution < -0.4 is 5.32 Å². The van der Waals surface area contributed by atoms with E-state index in [9.17, 15) is 13.2 Å². The zero-order valence-corrected chi connectivity index (χ0v) is 12.6. The first-order valence-electron chi connectivity index (χ1n) is 7.06. The SMILES string of the molecule is CC1CC(C)CN(CC(=O)NC2CCS(=O)(=O)C2)C1. The summed E-state index contributed by atoms with van der Waals surface area (Å²) >= 11 is 0. The van der Waals surface area contributed by atoms with Gasteiger partial charge in [0, 0.05) is 19.1 Å². The average Bonchev–Trinajstić information content (AvgIpc) is 2.55. The van der Waals surface area contributed by atoms with Crippen LogP contribution in [0.4, 0.5) is 0 Å². The van der Waals surface area contributed by atoms with E-state index in [-0.39, 0.29) is 23.5 Å². The monoisotopic (exact) mass is 288 g/mol. The number of amides is 1. The summed E-state index contributed by atoms with van der Waals surface area (Å²) in [5.41, 5.74) is 0. The fourth-order valence-electron chi connectivity index (χ4n) is 3.31. The zero-order chi connectivity index (χ0) is 14.0. The van der Waals surface area contributed by atoms with Gasteiger partial charge in [-0.05, 0) is 24.7 Å². The topological polar surface area (TPSA) is 66.5 Å². The zero-order valence-electron chi connectivity index (χ0n) is 11.8. The second kappa shape index (κ2) is 5.79. The van der Waals surface area contributed by atoms with E-state index in [0.717, 1.165) is 13.1 Å². The predicted molar refractivity (Wildman–Crippen MR) is 74.6 cm³/mol. The molecule has 2 saturated heterocycles. The van der Waals surface area contributed by atoms with Gasteiger partial charge in [0.15, 0.2) is 9.84 Å². The van der Waals surface area contributed by atoms with Gasteiger partial charge in [-0.2, -0.15) is 0 Å². The molecular formula is C13H24N2O3S. The van der Waals surface area contributed by atoms with Crippen LogP contribution in [-0.2, 0) is 14.6 Å². The standard InChI is InChI=1S/C13H24N2O3S/c1-10-5-11(2)7-15(6-10)8-13(16)14-12-3-4-19(17,18)9-12/h10-12H,3-9H2,1-2H3,(H,14,16). The van der Waals surface area contributed by atoms with Crippen molar-refractivity contribution in [2.45, 2.75) is 32.7 Å². The van der Waals surface area contributed by atoms with Crippen molar-refractivity contribution in [1.29, 1.82) is 0 Å². The molecule has 0 spiro atoms. The number of sulfone groups is 1.